The van der Waals surface area contributed by atoms with Crippen LogP contribution in [0.3, 0.4) is 0 Å². The van der Waals surface area contributed by atoms with E-state index in [2.05, 4.69) is 48.1 Å². The summed E-state index contributed by atoms with van der Waals surface area (Å²) in [5, 5.41) is 0. The fourth-order valence-corrected chi connectivity index (χ4v) is 1.58. The lowest BCUT2D eigenvalue weighted by molar-refractivity contribution is -0.688. The number of hydrogen-bond donors (Lipinski definition) is 0. The first kappa shape index (κ1) is 10.7. The smallest absolute Gasteiger partial charge is 0.173 e. The Kier molecular flexibility index (Phi) is 3.20. The van der Waals surface area contributed by atoms with Crippen molar-refractivity contribution in [2.75, 3.05) is 7.11 Å². The lowest BCUT2D eigenvalue weighted by atomic mass is 10.2. The quantitative estimate of drug-likeness (QED) is 0.715. The van der Waals surface area contributed by atoms with E-state index in [0.717, 1.165) is 12.3 Å². The Morgan fingerprint density at radius 2 is 1.62 bits per heavy atom. The second kappa shape index (κ2) is 4.79. The molecule has 0 atom stereocenters. The van der Waals surface area contributed by atoms with Crippen LogP contribution in [0.15, 0.2) is 48.8 Å². The summed E-state index contributed by atoms with van der Waals surface area (Å²) < 4.78 is 7.29. The molecule has 0 N–H and O–H groups in total. The average molecular weight is 214 g/mol. The van der Waals surface area contributed by atoms with Crippen molar-refractivity contribution in [3.63, 3.8) is 0 Å². The van der Waals surface area contributed by atoms with Crippen molar-refractivity contribution in [3.05, 3.63) is 59.9 Å². The van der Waals surface area contributed by atoms with E-state index in [4.69, 9.17) is 4.74 Å². The number of rotatable bonds is 3. The number of aromatic nitrogens is 1. The topological polar surface area (TPSA) is 13.1 Å². The van der Waals surface area contributed by atoms with Crippen LogP contribution in [0.5, 0.6) is 5.75 Å². The summed E-state index contributed by atoms with van der Waals surface area (Å²) in [5.74, 6) is 0.901. The summed E-state index contributed by atoms with van der Waals surface area (Å²) in [6, 6.07) is 12.4. The summed E-state index contributed by atoms with van der Waals surface area (Å²) in [7, 11) is 1.68. The van der Waals surface area contributed by atoms with Crippen LogP contribution in [0.4, 0.5) is 0 Å². The minimum absolute atomic E-state index is 0.893. The third-order valence-electron chi connectivity index (χ3n) is 2.58. The highest BCUT2D eigenvalue weighted by Gasteiger charge is 2.01. The number of methoxy groups -OCH3 is 1. The molecule has 1 aromatic carbocycles. The Balaban J connectivity index is 2.11. The van der Waals surface area contributed by atoms with Gasteiger partial charge < -0.3 is 4.74 Å². The van der Waals surface area contributed by atoms with Crippen LogP contribution in [0.1, 0.15) is 11.1 Å². The fraction of sp³-hybridized carbons (Fsp3) is 0.214. The molecular weight excluding hydrogens is 198 g/mol. The van der Waals surface area contributed by atoms with Crippen molar-refractivity contribution < 1.29 is 9.30 Å². The van der Waals surface area contributed by atoms with Crippen LogP contribution in [0.25, 0.3) is 0 Å². The molecule has 0 spiro atoms. The number of hydrogen-bond acceptors (Lipinski definition) is 1. The molecule has 0 amide bonds. The second-order valence-corrected chi connectivity index (χ2v) is 3.90. The predicted molar refractivity (Wildman–Crippen MR) is 63.5 cm³/mol. The largest absolute Gasteiger partial charge is 0.497 e. The van der Waals surface area contributed by atoms with Gasteiger partial charge in [-0.25, -0.2) is 4.57 Å². The monoisotopic (exact) mass is 214 g/mol. The molecule has 0 bridgehead atoms. The Hall–Kier alpha value is -1.83. The first-order chi connectivity index (χ1) is 7.78. The van der Waals surface area contributed by atoms with E-state index >= 15 is 0 Å². The molecule has 0 saturated carbocycles. The SMILES string of the molecule is COc1ccc(C[n+]2ccc(C)cc2)cc1. The molecule has 0 aliphatic rings. The Bertz CT molecular complexity index is 445. The third kappa shape index (κ3) is 2.60. The molecule has 0 saturated heterocycles. The van der Waals surface area contributed by atoms with Gasteiger partial charge in [0.1, 0.15) is 5.75 Å². The lowest BCUT2D eigenvalue weighted by Gasteiger charge is -2.01. The fourth-order valence-electron chi connectivity index (χ4n) is 1.58. The van der Waals surface area contributed by atoms with Crippen molar-refractivity contribution in [1.29, 1.82) is 0 Å². The zero-order chi connectivity index (χ0) is 11.4. The van der Waals surface area contributed by atoms with Crippen LogP contribution >= 0.6 is 0 Å². The molecule has 0 unspecified atom stereocenters. The van der Waals surface area contributed by atoms with Gasteiger partial charge in [-0.15, -0.1) is 0 Å². The predicted octanol–water partition coefficient (Wildman–Crippen LogP) is 2.34. The Morgan fingerprint density at radius 1 is 1.00 bits per heavy atom. The molecule has 1 aromatic heterocycles. The zero-order valence-corrected chi connectivity index (χ0v) is 9.68. The number of ether oxygens (including phenoxy) is 1. The number of nitrogens with zero attached hydrogens (tertiary/aromatic N) is 1. The van der Waals surface area contributed by atoms with Crippen molar-refractivity contribution >= 4 is 0 Å². The van der Waals surface area contributed by atoms with Gasteiger partial charge in [0.2, 0.25) is 0 Å². The normalized spacial score (nSPS) is 10.1. The van der Waals surface area contributed by atoms with E-state index in [-0.39, 0.29) is 0 Å². The highest BCUT2D eigenvalue weighted by atomic mass is 16.5. The van der Waals surface area contributed by atoms with Gasteiger partial charge in [-0.1, -0.05) is 0 Å². The van der Waals surface area contributed by atoms with E-state index in [0.29, 0.717) is 0 Å². The number of pyridine rings is 1. The zero-order valence-electron chi connectivity index (χ0n) is 9.68. The first-order valence-electron chi connectivity index (χ1n) is 5.36. The molecule has 0 fully saturated rings. The minimum Gasteiger partial charge on any atom is -0.497 e. The van der Waals surface area contributed by atoms with Gasteiger partial charge in [-0.3, -0.25) is 0 Å². The molecule has 0 aliphatic carbocycles. The molecule has 82 valence electrons. The number of benzene rings is 1. The van der Waals surface area contributed by atoms with Crippen molar-refractivity contribution in [2.24, 2.45) is 0 Å². The number of aryl methyl sites for hydroxylation is 1. The van der Waals surface area contributed by atoms with Gasteiger partial charge in [0.05, 0.1) is 7.11 Å². The minimum atomic E-state index is 0.893. The van der Waals surface area contributed by atoms with Gasteiger partial charge in [0.15, 0.2) is 18.9 Å². The Morgan fingerprint density at radius 3 is 2.19 bits per heavy atom. The van der Waals surface area contributed by atoms with Crippen LogP contribution in [-0.4, -0.2) is 7.11 Å². The second-order valence-electron chi connectivity index (χ2n) is 3.90. The van der Waals surface area contributed by atoms with E-state index in [9.17, 15) is 0 Å². The van der Waals surface area contributed by atoms with Crippen molar-refractivity contribution in [1.82, 2.24) is 0 Å². The van der Waals surface area contributed by atoms with Crippen molar-refractivity contribution in [3.8, 4) is 5.75 Å². The molecule has 1 heterocycles. The van der Waals surface area contributed by atoms with Crippen LogP contribution in [0, 0.1) is 6.92 Å². The van der Waals surface area contributed by atoms with Gasteiger partial charge >= 0.3 is 0 Å². The van der Waals surface area contributed by atoms with E-state index in [1.807, 2.05) is 12.1 Å². The van der Waals surface area contributed by atoms with E-state index in [1.165, 1.54) is 11.1 Å². The van der Waals surface area contributed by atoms with Gasteiger partial charge in [-0.05, 0) is 36.8 Å². The molecule has 2 aromatic rings. The first-order valence-corrected chi connectivity index (χ1v) is 5.36. The molecule has 0 radical (unpaired) electrons. The van der Waals surface area contributed by atoms with Gasteiger partial charge in [0, 0.05) is 17.7 Å². The summed E-state index contributed by atoms with van der Waals surface area (Å²) in [6.07, 6.45) is 4.19. The highest BCUT2D eigenvalue weighted by Crippen LogP contribution is 2.10. The molecule has 2 rings (SSSR count). The molecule has 2 heteroatoms. The molecule has 2 nitrogen and oxygen atoms in total. The summed E-state index contributed by atoms with van der Waals surface area (Å²) in [4.78, 5) is 0. The summed E-state index contributed by atoms with van der Waals surface area (Å²) in [6.45, 7) is 2.99. The maximum Gasteiger partial charge on any atom is 0.173 e. The van der Waals surface area contributed by atoms with Crippen LogP contribution in [0.2, 0.25) is 0 Å². The van der Waals surface area contributed by atoms with Crippen LogP contribution in [-0.2, 0) is 6.54 Å². The standard InChI is InChI=1S/C14H16NO/c1-12-7-9-15(10-8-12)11-13-3-5-14(16-2)6-4-13/h3-10H,11H2,1-2H3/q+1. The molecule has 0 aliphatic heterocycles. The highest BCUT2D eigenvalue weighted by molar-refractivity contribution is 5.26. The average Bonchev–Trinajstić information content (AvgIpc) is 2.33. The molecule has 16 heavy (non-hydrogen) atoms. The maximum atomic E-state index is 5.13. The van der Waals surface area contributed by atoms with Gasteiger partial charge in [0.25, 0.3) is 0 Å². The molecular formula is C14H16NO+. The van der Waals surface area contributed by atoms with Gasteiger partial charge in [-0.2, -0.15) is 0 Å². The summed E-state index contributed by atoms with van der Waals surface area (Å²) in [5.41, 5.74) is 2.56. The van der Waals surface area contributed by atoms with E-state index in [1.54, 1.807) is 7.11 Å². The third-order valence-corrected chi connectivity index (χ3v) is 2.58. The van der Waals surface area contributed by atoms with E-state index < -0.39 is 0 Å². The Labute approximate surface area is 96.1 Å². The summed E-state index contributed by atoms with van der Waals surface area (Å²) >= 11 is 0. The van der Waals surface area contributed by atoms with Crippen molar-refractivity contribution in [2.45, 2.75) is 13.5 Å². The lowest BCUT2D eigenvalue weighted by Crippen LogP contribution is -2.33. The maximum absolute atomic E-state index is 5.13. The van der Waals surface area contributed by atoms with Crippen LogP contribution < -0.4 is 9.30 Å².